The van der Waals surface area contributed by atoms with Crippen LogP contribution in [0, 0.1) is 5.41 Å². The Morgan fingerprint density at radius 1 is 1.17 bits per heavy atom. The topological polar surface area (TPSA) is 55.8 Å². The van der Waals surface area contributed by atoms with E-state index in [2.05, 4.69) is 0 Å². The average Bonchev–Trinajstić information content (AvgIpc) is 2.52. The number of benzene rings is 1. The molecular formula is C18H26ClNO4. The number of amides is 1. The number of hydrogen-bond donors (Lipinski definition) is 0. The van der Waals surface area contributed by atoms with Gasteiger partial charge in [0.2, 0.25) is 0 Å². The third-order valence-electron chi connectivity index (χ3n) is 3.41. The lowest BCUT2D eigenvalue weighted by molar-refractivity contribution is -0.153. The maximum absolute atomic E-state index is 12.5. The molecule has 0 spiro atoms. The van der Waals surface area contributed by atoms with Crippen LogP contribution in [0.1, 0.15) is 33.3 Å². The first-order valence-electron chi connectivity index (χ1n) is 8.01. The fraction of sp³-hybridized carbons (Fsp3) is 0.556. The fourth-order valence-corrected chi connectivity index (χ4v) is 2.57. The van der Waals surface area contributed by atoms with E-state index in [9.17, 15) is 9.59 Å². The molecule has 0 fully saturated rings. The number of halogens is 1. The molecule has 6 heteroatoms. The van der Waals surface area contributed by atoms with Crippen molar-refractivity contribution in [2.24, 2.45) is 5.41 Å². The number of rotatable bonds is 7. The number of carbonyl (C=O) groups excluding carboxylic acids is 2. The van der Waals surface area contributed by atoms with Crippen LogP contribution in [-0.4, -0.2) is 42.0 Å². The summed E-state index contributed by atoms with van der Waals surface area (Å²) in [5, 5.41) is 0. The van der Waals surface area contributed by atoms with Crippen LogP contribution < -0.4 is 0 Å². The number of nitrogens with zero attached hydrogens (tertiary/aromatic N) is 1. The van der Waals surface area contributed by atoms with Crippen LogP contribution in [0.5, 0.6) is 0 Å². The molecule has 0 unspecified atom stereocenters. The Kier molecular flexibility index (Phi) is 8.05. The minimum atomic E-state index is -0.764. The molecule has 0 aliphatic carbocycles. The summed E-state index contributed by atoms with van der Waals surface area (Å²) < 4.78 is 10.5. The van der Waals surface area contributed by atoms with Crippen molar-refractivity contribution in [3.05, 3.63) is 35.9 Å². The van der Waals surface area contributed by atoms with Crippen LogP contribution in [0.4, 0.5) is 4.79 Å². The molecule has 0 aliphatic rings. The summed E-state index contributed by atoms with van der Waals surface area (Å²) in [7, 11) is 0. The summed E-state index contributed by atoms with van der Waals surface area (Å²) in [5.41, 5.74) is 0.365. The first kappa shape index (κ1) is 20.3. The summed E-state index contributed by atoms with van der Waals surface area (Å²) in [6.45, 7) is 7.95. The maximum Gasteiger partial charge on any atom is 0.410 e. The Labute approximate surface area is 148 Å². The number of ether oxygens (including phenoxy) is 2. The first-order valence-corrected chi connectivity index (χ1v) is 8.54. The van der Waals surface area contributed by atoms with Crippen LogP contribution in [0.15, 0.2) is 30.3 Å². The second-order valence-corrected chi connectivity index (χ2v) is 6.82. The highest BCUT2D eigenvalue weighted by Gasteiger charge is 2.40. The summed E-state index contributed by atoms with van der Waals surface area (Å²) in [5.74, 6) is -0.251. The van der Waals surface area contributed by atoms with Crippen molar-refractivity contribution < 1.29 is 19.1 Å². The Hall–Kier alpha value is -1.75. The number of alkyl halides is 1. The molecule has 1 atom stereocenters. The SMILES string of the molecule is CCOC(=O)[C@@H](N(CCCl)C(=O)OCc1ccccc1)C(C)(C)C. The van der Waals surface area contributed by atoms with Gasteiger partial charge in [-0.15, -0.1) is 11.6 Å². The third kappa shape index (κ3) is 6.04. The van der Waals surface area contributed by atoms with Crippen molar-refractivity contribution in [2.75, 3.05) is 19.0 Å². The Morgan fingerprint density at radius 2 is 1.79 bits per heavy atom. The highest BCUT2D eigenvalue weighted by atomic mass is 35.5. The van der Waals surface area contributed by atoms with Crippen molar-refractivity contribution in [1.29, 1.82) is 0 Å². The Morgan fingerprint density at radius 3 is 2.29 bits per heavy atom. The van der Waals surface area contributed by atoms with Gasteiger partial charge in [-0.3, -0.25) is 4.90 Å². The van der Waals surface area contributed by atoms with E-state index in [1.165, 1.54) is 4.90 Å². The predicted octanol–water partition coefficient (Wildman–Crippen LogP) is 3.84. The zero-order valence-electron chi connectivity index (χ0n) is 14.8. The highest BCUT2D eigenvalue weighted by molar-refractivity contribution is 6.18. The molecule has 134 valence electrons. The van der Waals surface area contributed by atoms with Crippen molar-refractivity contribution in [3.63, 3.8) is 0 Å². The molecule has 0 aliphatic heterocycles. The van der Waals surface area contributed by atoms with Gasteiger partial charge in [-0.25, -0.2) is 9.59 Å². The zero-order valence-corrected chi connectivity index (χ0v) is 15.5. The Bertz CT molecular complexity index is 528. The quantitative estimate of drug-likeness (QED) is 0.550. The lowest BCUT2D eigenvalue weighted by Crippen LogP contribution is -2.53. The van der Waals surface area contributed by atoms with Crippen molar-refractivity contribution in [2.45, 2.75) is 40.3 Å². The van der Waals surface area contributed by atoms with Gasteiger partial charge in [0.15, 0.2) is 0 Å². The molecule has 5 nitrogen and oxygen atoms in total. The molecular weight excluding hydrogens is 330 g/mol. The monoisotopic (exact) mass is 355 g/mol. The molecule has 0 saturated heterocycles. The molecule has 0 aromatic heterocycles. The van der Waals surface area contributed by atoms with Gasteiger partial charge in [0, 0.05) is 12.4 Å². The molecule has 0 radical (unpaired) electrons. The van der Waals surface area contributed by atoms with E-state index in [-0.39, 0.29) is 25.6 Å². The normalized spacial score (nSPS) is 12.4. The molecule has 0 heterocycles. The van der Waals surface area contributed by atoms with E-state index in [0.29, 0.717) is 0 Å². The molecule has 0 bridgehead atoms. The van der Waals surface area contributed by atoms with Crippen molar-refractivity contribution >= 4 is 23.7 Å². The van der Waals surface area contributed by atoms with Crippen LogP contribution in [-0.2, 0) is 20.9 Å². The van der Waals surface area contributed by atoms with Gasteiger partial charge in [-0.05, 0) is 17.9 Å². The molecule has 1 aromatic rings. The summed E-state index contributed by atoms with van der Waals surface area (Å²) >= 11 is 5.83. The van der Waals surface area contributed by atoms with E-state index in [4.69, 9.17) is 21.1 Å². The van der Waals surface area contributed by atoms with Gasteiger partial charge >= 0.3 is 12.1 Å². The minimum absolute atomic E-state index is 0.137. The average molecular weight is 356 g/mol. The van der Waals surface area contributed by atoms with Gasteiger partial charge in [0.05, 0.1) is 6.61 Å². The zero-order chi connectivity index (χ0) is 18.2. The number of esters is 1. The lowest BCUT2D eigenvalue weighted by Gasteiger charge is -2.37. The molecule has 1 aromatic carbocycles. The van der Waals surface area contributed by atoms with E-state index < -0.39 is 23.5 Å². The molecule has 24 heavy (non-hydrogen) atoms. The molecule has 1 rings (SSSR count). The van der Waals surface area contributed by atoms with Crippen LogP contribution in [0.2, 0.25) is 0 Å². The van der Waals surface area contributed by atoms with Crippen LogP contribution in [0.25, 0.3) is 0 Å². The highest BCUT2D eigenvalue weighted by Crippen LogP contribution is 2.26. The standard InChI is InChI=1S/C18H26ClNO4/c1-5-23-16(21)15(18(2,3)4)20(12-11-19)17(22)24-13-14-9-7-6-8-10-14/h6-10,15H,5,11-13H2,1-4H3/t15-/m1/s1. The summed E-state index contributed by atoms with van der Waals surface area (Å²) in [6.07, 6.45) is -0.576. The molecule has 1 amide bonds. The Balaban J connectivity index is 2.91. The fourth-order valence-electron chi connectivity index (χ4n) is 2.39. The minimum Gasteiger partial charge on any atom is -0.464 e. The van der Waals surface area contributed by atoms with Gasteiger partial charge in [-0.2, -0.15) is 0 Å². The lowest BCUT2D eigenvalue weighted by atomic mass is 9.85. The van der Waals surface area contributed by atoms with Gasteiger partial charge < -0.3 is 9.47 Å². The smallest absolute Gasteiger partial charge is 0.410 e. The predicted molar refractivity (Wildman–Crippen MR) is 93.9 cm³/mol. The van der Waals surface area contributed by atoms with E-state index in [1.54, 1.807) is 6.92 Å². The van der Waals surface area contributed by atoms with Gasteiger partial charge in [-0.1, -0.05) is 51.1 Å². The number of carbonyl (C=O) groups is 2. The second-order valence-electron chi connectivity index (χ2n) is 6.44. The maximum atomic E-state index is 12.5. The van der Waals surface area contributed by atoms with E-state index in [0.717, 1.165) is 5.56 Å². The van der Waals surface area contributed by atoms with E-state index >= 15 is 0 Å². The molecule has 0 N–H and O–H groups in total. The number of hydrogen-bond acceptors (Lipinski definition) is 4. The van der Waals surface area contributed by atoms with Gasteiger partial charge in [0.1, 0.15) is 12.6 Å². The summed E-state index contributed by atoms with van der Waals surface area (Å²) in [4.78, 5) is 26.3. The largest absolute Gasteiger partial charge is 0.464 e. The van der Waals surface area contributed by atoms with Crippen LogP contribution in [0.3, 0.4) is 0 Å². The van der Waals surface area contributed by atoms with Crippen molar-refractivity contribution in [3.8, 4) is 0 Å². The van der Waals surface area contributed by atoms with Crippen molar-refractivity contribution in [1.82, 2.24) is 4.90 Å². The van der Waals surface area contributed by atoms with Gasteiger partial charge in [0.25, 0.3) is 0 Å². The summed E-state index contributed by atoms with van der Waals surface area (Å²) in [6, 6.07) is 8.60. The second kappa shape index (κ2) is 9.52. The molecule has 0 saturated carbocycles. The van der Waals surface area contributed by atoms with Crippen LogP contribution >= 0.6 is 11.6 Å². The first-order chi connectivity index (χ1) is 11.3. The third-order valence-corrected chi connectivity index (χ3v) is 3.58. The van der Waals surface area contributed by atoms with E-state index in [1.807, 2.05) is 51.1 Å².